The summed E-state index contributed by atoms with van der Waals surface area (Å²) in [5.41, 5.74) is 1.15. The fourth-order valence-electron chi connectivity index (χ4n) is 3.38. The molecule has 1 N–H and O–H groups in total. The second-order valence-corrected chi connectivity index (χ2v) is 6.83. The molecule has 0 spiro atoms. The molecule has 8 heteroatoms. The number of nitrogens with zero attached hydrogens (tertiary/aromatic N) is 4. The Morgan fingerprint density at radius 2 is 1.89 bits per heavy atom. The zero-order valence-corrected chi connectivity index (χ0v) is 16.2. The van der Waals surface area contributed by atoms with E-state index in [1.165, 1.54) is 24.7 Å². The lowest BCUT2D eigenvalue weighted by Gasteiger charge is -2.40. The Hall–Kier alpha value is -3.00. The molecule has 1 saturated heterocycles. The lowest BCUT2D eigenvalue weighted by molar-refractivity contribution is -0.127. The van der Waals surface area contributed by atoms with Crippen LogP contribution in [0.1, 0.15) is 16.1 Å². The van der Waals surface area contributed by atoms with Crippen molar-refractivity contribution < 1.29 is 9.59 Å². The average molecular weight is 383 g/mol. The molecule has 3 rings (SSSR count). The van der Waals surface area contributed by atoms with Crippen LogP contribution in [0.5, 0.6) is 0 Å². The number of carbonyl (C=O) groups is 2. The summed E-state index contributed by atoms with van der Waals surface area (Å²) >= 11 is 0. The van der Waals surface area contributed by atoms with Crippen LogP contribution in [0.2, 0.25) is 0 Å². The summed E-state index contributed by atoms with van der Waals surface area (Å²) in [6.45, 7) is 2.13. The van der Waals surface area contributed by atoms with Crippen LogP contribution in [0.15, 0.2) is 47.3 Å². The van der Waals surface area contributed by atoms with Crippen molar-refractivity contribution in [3.8, 4) is 0 Å². The summed E-state index contributed by atoms with van der Waals surface area (Å²) < 4.78 is 1.14. The van der Waals surface area contributed by atoms with Crippen molar-refractivity contribution in [2.24, 2.45) is 7.05 Å². The standard InChI is InChI=1S/C20H25N5O3/c1-21-19(27)17-14-25(20(28)16-8-9-18(26)23(2)22-16)13-12-24(17)11-10-15-6-4-3-5-7-15/h3-9,17H,10-14H2,1-2H3,(H,21,27)/t17-/m0/s1. The summed E-state index contributed by atoms with van der Waals surface area (Å²) in [6, 6.07) is 12.5. The molecule has 1 aromatic heterocycles. The highest BCUT2D eigenvalue weighted by atomic mass is 16.2. The Morgan fingerprint density at radius 1 is 1.14 bits per heavy atom. The first kappa shape index (κ1) is 19.8. The lowest BCUT2D eigenvalue weighted by Crippen LogP contribution is -2.60. The first-order valence-electron chi connectivity index (χ1n) is 9.33. The number of hydrogen-bond donors (Lipinski definition) is 1. The van der Waals surface area contributed by atoms with Crippen LogP contribution in [-0.2, 0) is 18.3 Å². The van der Waals surface area contributed by atoms with Crippen LogP contribution in [0.4, 0.5) is 0 Å². The van der Waals surface area contributed by atoms with Gasteiger partial charge in [0.15, 0.2) is 0 Å². The maximum Gasteiger partial charge on any atom is 0.274 e. The number of rotatable bonds is 5. The van der Waals surface area contributed by atoms with Gasteiger partial charge in [0.1, 0.15) is 11.7 Å². The van der Waals surface area contributed by atoms with Gasteiger partial charge in [-0.1, -0.05) is 30.3 Å². The number of aryl methyl sites for hydroxylation is 1. The van der Waals surface area contributed by atoms with Crippen LogP contribution in [0, 0.1) is 0 Å². The molecule has 8 nitrogen and oxygen atoms in total. The van der Waals surface area contributed by atoms with Crippen molar-refractivity contribution in [2.75, 3.05) is 33.2 Å². The molecule has 0 unspecified atom stereocenters. The molecule has 2 amide bonds. The molecule has 0 aliphatic carbocycles. The summed E-state index contributed by atoms with van der Waals surface area (Å²) in [6.07, 6.45) is 0.838. The first-order chi connectivity index (χ1) is 13.5. The maximum absolute atomic E-state index is 12.8. The fourth-order valence-corrected chi connectivity index (χ4v) is 3.38. The van der Waals surface area contributed by atoms with Gasteiger partial charge in [-0.3, -0.25) is 19.3 Å². The number of benzene rings is 1. The van der Waals surface area contributed by atoms with Crippen LogP contribution in [0.25, 0.3) is 0 Å². The number of nitrogens with one attached hydrogen (secondary N) is 1. The van der Waals surface area contributed by atoms with E-state index in [-0.39, 0.29) is 29.6 Å². The highest BCUT2D eigenvalue weighted by Crippen LogP contribution is 2.14. The third kappa shape index (κ3) is 4.45. The summed E-state index contributed by atoms with van der Waals surface area (Å²) in [7, 11) is 3.11. The van der Waals surface area contributed by atoms with Crippen molar-refractivity contribution in [3.63, 3.8) is 0 Å². The Balaban J connectivity index is 1.70. The summed E-state index contributed by atoms with van der Waals surface area (Å²) in [5.74, 6) is -0.383. The predicted molar refractivity (Wildman–Crippen MR) is 105 cm³/mol. The quantitative estimate of drug-likeness (QED) is 0.779. The second kappa shape index (κ2) is 8.79. The van der Waals surface area contributed by atoms with Gasteiger partial charge in [0.05, 0.1) is 0 Å². The maximum atomic E-state index is 12.8. The molecular formula is C20H25N5O3. The van der Waals surface area contributed by atoms with Gasteiger partial charge >= 0.3 is 0 Å². The van der Waals surface area contributed by atoms with Gasteiger partial charge in [-0.25, -0.2) is 4.68 Å². The van der Waals surface area contributed by atoms with Crippen LogP contribution in [-0.4, -0.2) is 70.7 Å². The summed E-state index contributed by atoms with van der Waals surface area (Å²) in [5, 5.41) is 6.73. The Kier molecular flexibility index (Phi) is 6.20. The van der Waals surface area contributed by atoms with Crippen molar-refractivity contribution in [3.05, 3.63) is 64.1 Å². The van der Waals surface area contributed by atoms with Crippen molar-refractivity contribution in [1.82, 2.24) is 24.9 Å². The van der Waals surface area contributed by atoms with Crippen molar-refractivity contribution >= 4 is 11.8 Å². The second-order valence-electron chi connectivity index (χ2n) is 6.83. The minimum atomic E-state index is -0.418. The highest BCUT2D eigenvalue weighted by molar-refractivity contribution is 5.93. The van der Waals surface area contributed by atoms with Crippen molar-refractivity contribution in [1.29, 1.82) is 0 Å². The molecule has 2 heterocycles. The topological polar surface area (TPSA) is 87.5 Å². The number of amides is 2. The van der Waals surface area contributed by atoms with E-state index in [9.17, 15) is 14.4 Å². The highest BCUT2D eigenvalue weighted by Gasteiger charge is 2.34. The Bertz CT molecular complexity index is 896. The van der Waals surface area contributed by atoms with E-state index in [0.717, 1.165) is 17.6 Å². The van der Waals surface area contributed by atoms with Crippen LogP contribution >= 0.6 is 0 Å². The molecule has 0 saturated carbocycles. The van der Waals surface area contributed by atoms with Gasteiger partial charge in [0.25, 0.3) is 11.5 Å². The number of piperazine rings is 1. The zero-order valence-electron chi connectivity index (χ0n) is 16.2. The van der Waals surface area contributed by atoms with E-state index in [1.54, 1.807) is 11.9 Å². The van der Waals surface area contributed by atoms with E-state index in [0.29, 0.717) is 13.1 Å². The van der Waals surface area contributed by atoms with Gasteiger partial charge in [0, 0.05) is 46.3 Å². The number of carbonyl (C=O) groups excluding carboxylic acids is 2. The van der Waals surface area contributed by atoms with Crippen molar-refractivity contribution in [2.45, 2.75) is 12.5 Å². The van der Waals surface area contributed by atoms with Crippen LogP contribution < -0.4 is 10.9 Å². The minimum absolute atomic E-state index is 0.112. The molecule has 2 aromatic rings. The van der Waals surface area contributed by atoms with Crippen LogP contribution in [0.3, 0.4) is 0 Å². The van der Waals surface area contributed by atoms with Gasteiger partial charge in [-0.2, -0.15) is 5.10 Å². The molecule has 1 atom stereocenters. The van der Waals surface area contributed by atoms with Gasteiger partial charge < -0.3 is 10.2 Å². The molecule has 1 aromatic carbocycles. The van der Waals surface area contributed by atoms with Gasteiger partial charge in [-0.15, -0.1) is 0 Å². The number of aromatic nitrogens is 2. The smallest absolute Gasteiger partial charge is 0.274 e. The van der Waals surface area contributed by atoms with Gasteiger partial charge in [0.2, 0.25) is 5.91 Å². The third-order valence-electron chi connectivity index (χ3n) is 5.04. The molecule has 0 radical (unpaired) electrons. The monoisotopic (exact) mass is 383 g/mol. The minimum Gasteiger partial charge on any atom is -0.358 e. The molecule has 1 aliphatic rings. The van der Waals surface area contributed by atoms with E-state index in [2.05, 4.69) is 27.4 Å². The largest absolute Gasteiger partial charge is 0.358 e. The summed E-state index contributed by atoms with van der Waals surface area (Å²) in [4.78, 5) is 40.5. The third-order valence-corrected chi connectivity index (χ3v) is 5.04. The van der Waals surface area contributed by atoms with E-state index < -0.39 is 6.04 Å². The lowest BCUT2D eigenvalue weighted by atomic mass is 10.1. The molecule has 148 valence electrons. The molecule has 1 aliphatic heterocycles. The molecular weight excluding hydrogens is 358 g/mol. The predicted octanol–water partition coefficient (Wildman–Crippen LogP) is -0.105. The van der Waals surface area contributed by atoms with E-state index in [1.807, 2.05) is 18.2 Å². The first-order valence-corrected chi connectivity index (χ1v) is 9.33. The van der Waals surface area contributed by atoms with E-state index in [4.69, 9.17) is 0 Å². The normalized spacial score (nSPS) is 17.4. The fraction of sp³-hybridized carbons (Fsp3) is 0.400. The molecule has 28 heavy (non-hydrogen) atoms. The molecule has 1 fully saturated rings. The SMILES string of the molecule is CNC(=O)[C@@H]1CN(C(=O)c2ccc(=O)n(C)n2)CCN1CCc1ccccc1. The number of likely N-dealkylation sites (N-methyl/N-ethyl adjacent to an activating group) is 1. The number of hydrogen-bond acceptors (Lipinski definition) is 5. The average Bonchev–Trinajstić information content (AvgIpc) is 2.73. The molecule has 0 bridgehead atoms. The van der Waals surface area contributed by atoms with E-state index >= 15 is 0 Å². The Morgan fingerprint density at radius 3 is 2.57 bits per heavy atom. The van der Waals surface area contributed by atoms with Gasteiger partial charge in [-0.05, 0) is 18.1 Å². The Labute approximate surface area is 163 Å². The zero-order chi connectivity index (χ0) is 20.1.